The monoisotopic (exact) mass is 364 g/mol. The van der Waals surface area contributed by atoms with Gasteiger partial charge in [0.2, 0.25) is 0 Å². The number of rotatable bonds is 5. The Morgan fingerprint density at radius 1 is 1.12 bits per heavy atom. The molecule has 3 unspecified atom stereocenters. The number of hydrogen-bond acceptors (Lipinski definition) is 6. The van der Waals surface area contributed by atoms with Crippen molar-refractivity contribution in [2.45, 2.75) is 60.0 Å². The van der Waals surface area contributed by atoms with Crippen molar-refractivity contribution in [1.29, 1.82) is 0 Å². The molecule has 26 heavy (non-hydrogen) atoms. The summed E-state index contributed by atoms with van der Waals surface area (Å²) in [4.78, 5) is 32.8. The lowest BCUT2D eigenvalue weighted by Crippen LogP contribution is -2.36. The Hall–Kier alpha value is -2.08. The number of hydrogen-bond donors (Lipinski definition) is 0. The zero-order chi connectivity index (χ0) is 19.3. The highest BCUT2D eigenvalue weighted by Gasteiger charge is 2.34. The Morgan fingerprint density at radius 3 is 2.50 bits per heavy atom. The van der Waals surface area contributed by atoms with Crippen LogP contribution in [0.4, 0.5) is 4.79 Å². The topological polar surface area (TPSA) is 71.1 Å². The maximum Gasteiger partial charge on any atom is 0.543 e. The highest BCUT2D eigenvalue weighted by Crippen LogP contribution is 2.35. The van der Waals surface area contributed by atoms with Crippen molar-refractivity contribution in [3.63, 3.8) is 0 Å². The Bertz CT molecular complexity index is 639. The van der Waals surface area contributed by atoms with Crippen molar-refractivity contribution in [3.05, 3.63) is 34.9 Å². The van der Waals surface area contributed by atoms with E-state index in [4.69, 9.17) is 4.74 Å². The summed E-state index contributed by atoms with van der Waals surface area (Å²) in [6, 6.07) is 5.27. The van der Waals surface area contributed by atoms with E-state index in [1.54, 1.807) is 19.1 Å². The first-order chi connectivity index (χ1) is 12.3. The third-order valence-electron chi connectivity index (χ3n) is 5.02. The van der Waals surface area contributed by atoms with E-state index in [1.165, 1.54) is 0 Å². The summed E-state index contributed by atoms with van der Waals surface area (Å²) in [5.41, 5.74) is 2.12. The average molecular weight is 364 g/mol. The molecule has 1 aromatic carbocycles. The van der Waals surface area contributed by atoms with E-state index in [-0.39, 0.29) is 12.0 Å². The van der Waals surface area contributed by atoms with E-state index in [9.17, 15) is 9.59 Å². The van der Waals surface area contributed by atoms with Crippen LogP contribution < -0.4 is 0 Å². The molecule has 6 heteroatoms. The van der Waals surface area contributed by atoms with Gasteiger partial charge >= 0.3 is 12.1 Å². The van der Waals surface area contributed by atoms with Crippen LogP contribution in [0.1, 0.15) is 61.5 Å². The molecule has 1 aliphatic carbocycles. The second kappa shape index (κ2) is 9.03. The lowest BCUT2D eigenvalue weighted by molar-refractivity contribution is -0.453. The molecule has 0 heterocycles. The molecule has 0 bridgehead atoms. The first-order valence-corrected chi connectivity index (χ1v) is 9.11. The van der Waals surface area contributed by atoms with Gasteiger partial charge in [-0.15, -0.1) is 0 Å². The molecular weight excluding hydrogens is 336 g/mol. The molecule has 0 radical (unpaired) electrons. The molecule has 0 N–H and O–H groups in total. The SMILES string of the molecule is Cc1ccc(C(=O)OOOC(=O)OC2CC(C)CCC2C(C)C)c(C)c1. The largest absolute Gasteiger partial charge is 0.543 e. The minimum atomic E-state index is -0.997. The van der Waals surface area contributed by atoms with Crippen LogP contribution in [0.5, 0.6) is 0 Å². The Kier molecular flexibility index (Phi) is 7.03. The van der Waals surface area contributed by atoms with Crippen LogP contribution in [0.15, 0.2) is 18.2 Å². The van der Waals surface area contributed by atoms with Gasteiger partial charge in [-0.2, -0.15) is 0 Å². The first kappa shape index (κ1) is 20.2. The van der Waals surface area contributed by atoms with Crippen molar-refractivity contribution < 1.29 is 29.1 Å². The van der Waals surface area contributed by atoms with Gasteiger partial charge < -0.3 is 4.74 Å². The fourth-order valence-corrected chi connectivity index (χ4v) is 3.56. The van der Waals surface area contributed by atoms with Crippen molar-refractivity contribution in [2.75, 3.05) is 0 Å². The molecule has 1 fully saturated rings. The normalized spacial score (nSPS) is 22.8. The van der Waals surface area contributed by atoms with Gasteiger partial charge in [0.05, 0.1) is 10.6 Å². The summed E-state index contributed by atoms with van der Waals surface area (Å²) >= 11 is 0. The number of benzene rings is 1. The Labute approximate surface area is 154 Å². The lowest BCUT2D eigenvalue weighted by atomic mass is 9.75. The molecule has 1 saturated carbocycles. The van der Waals surface area contributed by atoms with Crippen molar-refractivity contribution in [3.8, 4) is 0 Å². The van der Waals surface area contributed by atoms with Crippen molar-refractivity contribution >= 4 is 12.1 Å². The van der Waals surface area contributed by atoms with E-state index < -0.39 is 12.1 Å². The smallest absolute Gasteiger partial charge is 0.429 e. The Balaban J connectivity index is 1.81. The third kappa shape index (κ3) is 5.46. The van der Waals surface area contributed by atoms with E-state index in [1.807, 2.05) is 13.0 Å². The van der Waals surface area contributed by atoms with E-state index >= 15 is 0 Å². The summed E-state index contributed by atoms with van der Waals surface area (Å²) in [6.45, 7) is 10.1. The molecular formula is C20H28O6. The second-order valence-corrected chi connectivity index (χ2v) is 7.57. The molecule has 1 aliphatic rings. The minimum absolute atomic E-state index is 0.218. The number of carbonyl (C=O) groups is 2. The van der Waals surface area contributed by atoms with E-state index in [0.717, 1.165) is 30.4 Å². The molecule has 6 nitrogen and oxygen atoms in total. The Morgan fingerprint density at radius 2 is 1.85 bits per heavy atom. The molecule has 3 atom stereocenters. The molecule has 0 amide bonds. The van der Waals surface area contributed by atoms with Gasteiger partial charge in [-0.05, 0) is 56.1 Å². The summed E-state index contributed by atoms with van der Waals surface area (Å²) < 4.78 is 5.39. The first-order valence-electron chi connectivity index (χ1n) is 9.11. The van der Waals surface area contributed by atoms with Crippen LogP contribution in [0.25, 0.3) is 0 Å². The molecule has 0 aromatic heterocycles. The minimum Gasteiger partial charge on any atom is -0.429 e. The molecule has 144 valence electrons. The van der Waals surface area contributed by atoms with Gasteiger partial charge in [0.1, 0.15) is 6.10 Å². The van der Waals surface area contributed by atoms with Gasteiger partial charge in [0, 0.05) is 0 Å². The van der Waals surface area contributed by atoms with Crippen LogP contribution in [0.3, 0.4) is 0 Å². The van der Waals surface area contributed by atoms with Crippen molar-refractivity contribution in [1.82, 2.24) is 0 Å². The van der Waals surface area contributed by atoms with Crippen LogP contribution in [-0.4, -0.2) is 18.2 Å². The summed E-state index contributed by atoms with van der Waals surface area (Å²) in [7, 11) is 0. The summed E-state index contributed by atoms with van der Waals surface area (Å²) in [5.74, 6) is 0.452. The van der Waals surface area contributed by atoms with Gasteiger partial charge in [-0.25, -0.2) is 14.5 Å². The second-order valence-electron chi connectivity index (χ2n) is 7.57. The standard InChI is InChI=1S/C20H28O6/c1-12(2)16-8-6-14(4)11-18(16)23-20(22)25-26-24-19(21)17-9-7-13(3)10-15(17)5/h7,9-10,12,14,16,18H,6,8,11H2,1-5H3. The molecule has 1 aromatic rings. The molecule has 2 rings (SSSR count). The zero-order valence-corrected chi connectivity index (χ0v) is 16.1. The van der Waals surface area contributed by atoms with Gasteiger partial charge in [-0.1, -0.05) is 44.9 Å². The lowest BCUT2D eigenvalue weighted by Gasteiger charge is -2.36. The third-order valence-corrected chi connectivity index (χ3v) is 5.02. The predicted molar refractivity (Wildman–Crippen MR) is 95.1 cm³/mol. The number of aryl methyl sites for hydroxylation is 2. The highest BCUT2D eigenvalue weighted by atomic mass is 17.5. The number of carbonyl (C=O) groups excluding carboxylic acids is 2. The molecule has 0 saturated heterocycles. The molecule has 0 aliphatic heterocycles. The predicted octanol–water partition coefficient (Wildman–Crippen LogP) is 4.92. The fourth-order valence-electron chi connectivity index (χ4n) is 3.56. The molecule has 0 spiro atoms. The van der Waals surface area contributed by atoms with Crippen LogP contribution in [-0.2, 0) is 19.6 Å². The summed E-state index contributed by atoms with van der Waals surface area (Å²) in [6.07, 6.45) is 1.72. The maximum atomic E-state index is 12.0. The fraction of sp³-hybridized carbons (Fsp3) is 0.600. The van der Waals surface area contributed by atoms with Gasteiger partial charge in [0.25, 0.3) is 0 Å². The highest BCUT2D eigenvalue weighted by molar-refractivity contribution is 5.90. The maximum absolute atomic E-state index is 12.0. The zero-order valence-electron chi connectivity index (χ0n) is 16.1. The average Bonchev–Trinajstić information content (AvgIpc) is 2.54. The number of ether oxygens (including phenoxy) is 1. The van der Waals surface area contributed by atoms with Crippen LogP contribution in [0.2, 0.25) is 0 Å². The quantitative estimate of drug-likeness (QED) is 0.419. The van der Waals surface area contributed by atoms with Crippen LogP contribution in [0, 0.1) is 31.6 Å². The van der Waals surface area contributed by atoms with Gasteiger partial charge in [-0.3, -0.25) is 4.89 Å². The van der Waals surface area contributed by atoms with Gasteiger partial charge in [0.15, 0.2) is 0 Å². The van der Waals surface area contributed by atoms with Crippen LogP contribution >= 0.6 is 0 Å². The van der Waals surface area contributed by atoms with Crippen molar-refractivity contribution in [2.24, 2.45) is 17.8 Å². The van der Waals surface area contributed by atoms with E-state index in [0.29, 0.717) is 17.4 Å². The summed E-state index contributed by atoms with van der Waals surface area (Å²) in [5, 5.41) is 4.34. The van der Waals surface area contributed by atoms with E-state index in [2.05, 4.69) is 35.6 Å².